The van der Waals surface area contributed by atoms with Gasteiger partial charge in [0, 0.05) is 11.9 Å². The van der Waals surface area contributed by atoms with Crippen molar-refractivity contribution in [3.05, 3.63) is 45.5 Å². The van der Waals surface area contributed by atoms with E-state index >= 15 is 0 Å². The molecule has 0 bridgehead atoms. The van der Waals surface area contributed by atoms with Crippen LogP contribution in [-0.2, 0) is 0 Å². The molecule has 2 N–H and O–H groups in total. The van der Waals surface area contributed by atoms with E-state index in [1.807, 2.05) is 0 Å². The molecule has 21 heavy (non-hydrogen) atoms. The summed E-state index contributed by atoms with van der Waals surface area (Å²) in [5.41, 5.74) is 7.18. The van der Waals surface area contributed by atoms with Crippen LogP contribution in [0.1, 0.15) is 0 Å². The molecular formula is C13H7Cl3N4O. The Morgan fingerprint density at radius 1 is 1.05 bits per heavy atom. The highest BCUT2D eigenvalue weighted by molar-refractivity contribution is 6.36. The molecule has 2 aromatic heterocycles. The second kappa shape index (κ2) is 5.52. The van der Waals surface area contributed by atoms with Gasteiger partial charge in [0.1, 0.15) is 5.69 Å². The van der Waals surface area contributed by atoms with Crippen molar-refractivity contribution in [3.63, 3.8) is 0 Å². The second-order valence-electron chi connectivity index (χ2n) is 4.15. The number of benzene rings is 1. The molecule has 5 nitrogen and oxygen atoms in total. The van der Waals surface area contributed by atoms with E-state index in [2.05, 4.69) is 15.1 Å². The first kappa shape index (κ1) is 14.1. The number of halogens is 3. The predicted octanol–water partition coefficient (Wildman–Crippen LogP) is 4.34. The van der Waals surface area contributed by atoms with Gasteiger partial charge in [-0.15, -0.1) is 0 Å². The van der Waals surface area contributed by atoms with Gasteiger partial charge in [0.25, 0.3) is 5.89 Å². The molecule has 8 heteroatoms. The van der Waals surface area contributed by atoms with Gasteiger partial charge >= 0.3 is 0 Å². The van der Waals surface area contributed by atoms with Gasteiger partial charge in [-0.2, -0.15) is 4.98 Å². The molecule has 0 saturated carbocycles. The summed E-state index contributed by atoms with van der Waals surface area (Å²) in [5.74, 6) is 0.472. The second-order valence-corrected chi connectivity index (χ2v) is 5.40. The SMILES string of the molecule is Nc1ccc(Cl)c(-c2nc(-c3ncc(Cl)cc3Cl)no2)c1. The minimum absolute atomic E-state index is 0.232. The number of nitrogen functional groups attached to an aromatic ring is 1. The van der Waals surface area contributed by atoms with Crippen molar-refractivity contribution in [2.45, 2.75) is 0 Å². The van der Waals surface area contributed by atoms with Gasteiger partial charge in [-0.05, 0) is 24.3 Å². The van der Waals surface area contributed by atoms with Gasteiger partial charge in [0.05, 0.1) is 20.6 Å². The zero-order chi connectivity index (χ0) is 15.0. The third-order valence-corrected chi connectivity index (χ3v) is 3.49. The monoisotopic (exact) mass is 340 g/mol. The van der Waals surface area contributed by atoms with Gasteiger partial charge in [0.2, 0.25) is 5.82 Å². The van der Waals surface area contributed by atoms with Gasteiger partial charge in [-0.3, -0.25) is 0 Å². The lowest BCUT2D eigenvalue weighted by molar-refractivity contribution is 0.432. The van der Waals surface area contributed by atoms with Crippen LogP contribution in [0.5, 0.6) is 0 Å². The predicted molar refractivity (Wildman–Crippen MR) is 82.4 cm³/mol. The summed E-state index contributed by atoms with van der Waals surface area (Å²) >= 11 is 18.0. The lowest BCUT2D eigenvalue weighted by atomic mass is 10.2. The van der Waals surface area contributed by atoms with Gasteiger partial charge in [0.15, 0.2) is 0 Å². The highest BCUT2D eigenvalue weighted by Crippen LogP contribution is 2.31. The van der Waals surface area contributed by atoms with Gasteiger partial charge in [-0.1, -0.05) is 40.0 Å². The topological polar surface area (TPSA) is 77.8 Å². The van der Waals surface area contributed by atoms with E-state index < -0.39 is 0 Å². The van der Waals surface area contributed by atoms with Crippen molar-refractivity contribution < 1.29 is 4.52 Å². The average molecular weight is 342 g/mol. The number of pyridine rings is 1. The van der Waals surface area contributed by atoms with Crippen LogP contribution in [0.3, 0.4) is 0 Å². The summed E-state index contributed by atoms with van der Waals surface area (Å²) in [4.78, 5) is 8.32. The Hall–Kier alpha value is -1.82. The summed E-state index contributed by atoms with van der Waals surface area (Å²) in [6.07, 6.45) is 1.45. The fourth-order valence-corrected chi connectivity index (χ4v) is 2.38. The van der Waals surface area contributed by atoms with Crippen LogP contribution < -0.4 is 5.73 Å². The first-order valence-electron chi connectivity index (χ1n) is 5.75. The van der Waals surface area contributed by atoms with Crippen LogP contribution >= 0.6 is 34.8 Å². The highest BCUT2D eigenvalue weighted by atomic mass is 35.5. The Labute approximate surface area is 134 Å². The quantitative estimate of drug-likeness (QED) is 0.701. The van der Waals surface area contributed by atoms with Crippen molar-refractivity contribution in [2.75, 3.05) is 5.73 Å². The molecule has 1 aromatic carbocycles. The molecule has 0 amide bonds. The first-order valence-corrected chi connectivity index (χ1v) is 6.88. The summed E-state index contributed by atoms with van der Waals surface area (Å²) in [7, 11) is 0. The third-order valence-electron chi connectivity index (χ3n) is 2.67. The van der Waals surface area contributed by atoms with Crippen LogP contribution in [0.4, 0.5) is 5.69 Å². The van der Waals surface area contributed by atoms with E-state index in [9.17, 15) is 0 Å². The summed E-state index contributed by atoms with van der Waals surface area (Å²) < 4.78 is 5.19. The molecule has 0 unspecified atom stereocenters. The standard InChI is InChI=1S/C13H7Cl3N4O/c14-6-3-10(16)11(18-5-6)12-19-13(21-20-12)8-4-7(17)1-2-9(8)15/h1-5H,17H2. The Kier molecular flexibility index (Phi) is 3.71. The summed E-state index contributed by atoms with van der Waals surface area (Å²) in [6.45, 7) is 0. The van der Waals surface area contributed by atoms with Crippen molar-refractivity contribution in [1.82, 2.24) is 15.1 Å². The van der Waals surface area contributed by atoms with Crippen LogP contribution in [0.25, 0.3) is 23.0 Å². The molecule has 0 radical (unpaired) electrons. The van der Waals surface area contributed by atoms with Crippen molar-refractivity contribution in [1.29, 1.82) is 0 Å². The molecule has 0 aliphatic heterocycles. The van der Waals surface area contributed by atoms with Crippen LogP contribution in [-0.4, -0.2) is 15.1 Å². The smallest absolute Gasteiger partial charge is 0.259 e. The van der Waals surface area contributed by atoms with Crippen LogP contribution in [0.2, 0.25) is 15.1 Å². The van der Waals surface area contributed by atoms with E-state index in [4.69, 9.17) is 45.1 Å². The molecule has 0 saturated heterocycles. The number of aromatic nitrogens is 3. The Morgan fingerprint density at radius 2 is 1.86 bits per heavy atom. The number of anilines is 1. The zero-order valence-corrected chi connectivity index (χ0v) is 12.6. The normalized spacial score (nSPS) is 10.8. The molecule has 106 valence electrons. The first-order chi connectivity index (χ1) is 10.0. The molecule has 0 fully saturated rings. The summed E-state index contributed by atoms with van der Waals surface area (Å²) in [6, 6.07) is 6.54. The molecule has 0 atom stereocenters. The molecule has 0 spiro atoms. The van der Waals surface area contributed by atoms with Crippen LogP contribution in [0.15, 0.2) is 35.0 Å². The zero-order valence-electron chi connectivity index (χ0n) is 10.3. The third kappa shape index (κ3) is 2.81. The molecule has 2 heterocycles. The number of nitrogens with two attached hydrogens (primary N) is 1. The Morgan fingerprint density at radius 3 is 2.62 bits per heavy atom. The Balaban J connectivity index is 2.06. The fraction of sp³-hybridized carbons (Fsp3) is 0. The van der Waals surface area contributed by atoms with E-state index in [1.165, 1.54) is 6.20 Å². The van der Waals surface area contributed by atoms with E-state index in [-0.39, 0.29) is 11.7 Å². The number of hydrogen-bond donors (Lipinski definition) is 1. The number of nitrogens with zero attached hydrogens (tertiary/aromatic N) is 3. The molecule has 0 aliphatic carbocycles. The largest absolute Gasteiger partial charge is 0.399 e. The number of hydrogen-bond acceptors (Lipinski definition) is 5. The van der Waals surface area contributed by atoms with Gasteiger partial charge in [-0.25, -0.2) is 4.98 Å². The van der Waals surface area contributed by atoms with Crippen molar-refractivity contribution in [3.8, 4) is 23.0 Å². The van der Waals surface area contributed by atoms with E-state index in [1.54, 1.807) is 24.3 Å². The lowest BCUT2D eigenvalue weighted by Gasteiger charge is -2.00. The number of rotatable bonds is 2. The Bertz CT molecular complexity index is 819. The maximum absolute atomic E-state index is 6.10. The maximum atomic E-state index is 6.10. The van der Waals surface area contributed by atoms with Crippen molar-refractivity contribution >= 4 is 40.5 Å². The van der Waals surface area contributed by atoms with E-state index in [0.29, 0.717) is 32.0 Å². The minimum atomic E-state index is 0.232. The van der Waals surface area contributed by atoms with Gasteiger partial charge < -0.3 is 10.3 Å². The average Bonchev–Trinajstić information content (AvgIpc) is 2.91. The lowest BCUT2D eigenvalue weighted by Crippen LogP contribution is -1.89. The fourth-order valence-electron chi connectivity index (χ4n) is 1.71. The molecule has 3 rings (SSSR count). The molecule has 0 aliphatic rings. The van der Waals surface area contributed by atoms with Crippen molar-refractivity contribution in [2.24, 2.45) is 0 Å². The highest BCUT2D eigenvalue weighted by Gasteiger charge is 2.16. The maximum Gasteiger partial charge on any atom is 0.259 e. The van der Waals surface area contributed by atoms with E-state index in [0.717, 1.165) is 0 Å². The summed E-state index contributed by atoms with van der Waals surface area (Å²) in [5, 5.41) is 5.05. The minimum Gasteiger partial charge on any atom is -0.399 e. The molecule has 3 aromatic rings. The van der Waals surface area contributed by atoms with Crippen LogP contribution in [0, 0.1) is 0 Å². The molecular weight excluding hydrogens is 335 g/mol.